The number of carbonyl (C=O) groups is 1. The van der Waals surface area contributed by atoms with Gasteiger partial charge >= 0.3 is 0 Å². The first-order valence-electron chi connectivity index (χ1n) is 9.72. The topological polar surface area (TPSA) is 56.2 Å². The lowest BCUT2D eigenvalue weighted by molar-refractivity contribution is -0.111. The normalized spacial score (nSPS) is 11.2. The average molecular weight is 474 g/mol. The van der Waals surface area contributed by atoms with E-state index < -0.39 is 0 Å². The van der Waals surface area contributed by atoms with Gasteiger partial charge in [0.2, 0.25) is 0 Å². The highest BCUT2D eigenvalue weighted by molar-refractivity contribution is 9.10. The van der Waals surface area contributed by atoms with Crippen LogP contribution >= 0.6 is 15.9 Å². The van der Waals surface area contributed by atoms with E-state index in [-0.39, 0.29) is 12.6 Å². The van der Waals surface area contributed by atoms with Gasteiger partial charge in [0.05, 0.1) is 18.1 Å². The summed E-state index contributed by atoms with van der Waals surface area (Å²) >= 11 is 3.40. The molecule has 31 heavy (non-hydrogen) atoms. The van der Waals surface area contributed by atoms with Gasteiger partial charge in [-0.15, -0.1) is 0 Å². The van der Waals surface area contributed by atoms with E-state index in [1.807, 2.05) is 91.0 Å². The second kappa shape index (κ2) is 9.91. The zero-order chi connectivity index (χ0) is 21.5. The number of halogens is 1. The smallest absolute Gasteiger partial charge is 0.256 e. The molecule has 0 radical (unpaired) electrons. The molecule has 0 bridgehead atoms. The fourth-order valence-corrected chi connectivity index (χ4v) is 3.25. The molecule has 3 aromatic carbocycles. The number of anilines is 1. The van der Waals surface area contributed by atoms with Gasteiger partial charge in [-0.2, -0.15) is 5.10 Å². The van der Waals surface area contributed by atoms with Crippen LogP contribution in [0, 0.1) is 0 Å². The number of aromatic nitrogens is 2. The summed E-state index contributed by atoms with van der Waals surface area (Å²) in [7, 11) is 0. The summed E-state index contributed by atoms with van der Waals surface area (Å²) in [6.45, 7) is 0.239. The highest BCUT2D eigenvalue weighted by Crippen LogP contribution is 2.21. The minimum absolute atomic E-state index is 0.205. The minimum Gasteiger partial charge on any atom is -0.471 e. The standard InChI is InChI=1S/C25H20BrN3O2/c26-21-11-13-23(14-12-21)31-18-29-17-22(16-27-29)28-25(30)24(20-9-5-2-6-10-20)15-19-7-3-1-4-8-19/h1-17H,18H2,(H,28,30)/b24-15-. The number of carbonyl (C=O) groups excluding carboxylic acids is 1. The number of hydrogen-bond donors (Lipinski definition) is 1. The van der Waals surface area contributed by atoms with Crippen molar-refractivity contribution >= 4 is 39.2 Å². The molecule has 1 amide bonds. The Morgan fingerprint density at radius 3 is 2.35 bits per heavy atom. The number of ether oxygens (including phenoxy) is 1. The molecule has 1 heterocycles. The van der Waals surface area contributed by atoms with E-state index in [0.29, 0.717) is 11.3 Å². The second-order valence-electron chi connectivity index (χ2n) is 6.78. The zero-order valence-corrected chi connectivity index (χ0v) is 18.2. The predicted molar refractivity (Wildman–Crippen MR) is 126 cm³/mol. The van der Waals surface area contributed by atoms with Crippen molar-refractivity contribution in [2.75, 3.05) is 5.32 Å². The Bertz CT molecular complexity index is 1170. The molecule has 6 heteroatoms. The Kier molecular flexibility index (Phi) is 6.59. The monoisotopic (exact) mass is 473 g/mol. The summed E-state index contributed by atoms with van der Waals surface area (Å²) in [5, 5.41) is 7.20. The Balaban J connectivity index is 1.47. The van der Waals surface area contributed by atoms with E-state index in [0.717, 1.165) is 21.3 Å². The van der Waals surface area contributed by atoms with Crippen molar-refractivity contribution in [2.24, 2.45) is 0 Å². The molecule has 0 unspecified atom stereocenters. The average Bonchev–Trinajstić information content (AvgIpc) is 3.25. The van der Waals surface area contributed by atoms with Crippen LogP contribution in [-0.4, -0.2) is 15.7 Å². The molecule has 0 fully saturated rings. The Hall–Kier alpha value is -3.64. The number of nitrogens with zero attached hydrogens (tertiary/aromatic N) is 2. The second-order valence-corrected chi connectivity index (χ2v) is 7.70. The van der Waals surface area contributed by atoms with Crippen molar-refractivity contribution < 1.29 is 9.53 Å². The molecule has 0 aliphatic rings. The summed E-state index contributed by atoms with van der Waals surface area (Å²) in [5.74, 6) is 0.532. The number of nitrogens with one attached hydrogen (secondary N) is 1. The lowest BCUT2D eigenvalue weighted by atomic mass is 10.0. The van der Waals surface area contributed by atoms with Gasteiger partial charge < -0.3 is 10.1 Å². The van der Waals surface area contributed by atoms with Gasteiger partial charge in [0.25, 0.3) is 5.91 Å². The molecule has 0 saturated carbocycles. The van der Waals surface area contributed by atoms with Crippen molar-refractivity contribution in [2.45, 2.75) is 6.73 Å². The van der Waals surface area contributed by atoms with E-state index in [4.69, 9.17) is 4.74 Å². The Morgan fingerprint density at radius 2 is 1.65 bits per heavy atom. The van der Waals surface area contributed by atoms with Gasteiger partial charge in [-0.1, -0.05) is 76.6 Å². The molecular formula is C25H20BrN3O2. The van der Waals surface area contributed by atoms with E-state index in [1.165, 1.54) is 0 Å². The Morgan fingerprint density at radius 1 is 0.968 bits per heavy atom. The molecule has 1 N–H and O–H groups in total. The predicted octanol–water partition coefficient (Wildman–Crippen LogP) is 5.86. The van der Waals surface area contributed by atoms with Crippen LogP contribution in [0.3, 0.4) is 0 Å². The molecule has 1 aromatic heterocycles. The van der Waals surface area contributed by atoms with E-state index in [9.17, 15) is 4.79 Å². The molecule has 5 nitrogen and oxygen atoms in total. The molecule has 154 valence electrons. The lowest BCUT2D eigenvalue weighted by Gasteiger charge is -2.09. The highest BCUT2D eigenvalue weighted by Gasteiger charge is 2.13. The summed E-state index contributed by atoms with van der Waals surface area (Å²) in [5.41, 5.74) is 2.97. The van der Waals surface area contributed by atoms with Gasteiger partial charge in [0, 0.05) is 10.0 Å². The third kappa shape index (κ3) is 5.71. The van der Waals surface area contributed by atoms with Crippen molar-refractivity contribution in [3.63, 3.8) is 0 Å². The van der Waals surface area contributed by atoms with E-state index in [1.54, 1.807) is 17.1 Å². The Labute approximate surface area is 189 Å². The molecule has 0 saturated heterocycles. The van der Waals surface area contributed by atoms with Gasteiger partial charge in [-0.05, 0) is 41.5 Å². The fraction of sp³-hybridized carbons (Fsp3) is 0.0400. The minimum atomic E-state index is -0.205. The molecular weight excluding hydrogens is 454 g/mol. The zero-order valence-electron chi connectivity index (χ0n) is 16.6. The van der Waals surface area contributed by atoms with Crippen LogP contribution in [0.4, 0.5) is 5.69 Å². The van der Waals surface area contributed by atoms with Crippen molar-refractivity contribution in [1.82, 2.24) is 9.78 Å². The van der Waals surface area contributed by atoms with Crippen LogP contribution in [0.15, 0.2) is 102 Å². The molecule has 0 atom stereocenters. The van der Waals surface area contributed by atoms with Gasteiger partial charge in [0.1, 0.15) is 5.75 Å². The molecule has 0 spiro atoms. The fourth-order valence-electron chi connectivity index (χ4n) is 2.98. The third-order valence-electron chi connectivity index (χ3n) is 4.51. The number of rotatable bonds is 7. The van der Waals surface area contributed by atoms with Crippen molar-refractivity contribution in [3.05, 3.63) is 113 Å². The summed E-state index contributed by atoms with van der Waals surface area (Å²) < 4.78 is 8.33. The van der Waals surface area contributed by atoms with Crippen LogP contribution in [0.1, 0.15) is 11.1 Å². The lowest BCUT2D eigenvalue weighted by Crippen LogP contribution is -2.13. The maximum atomic E-state index is 13.1. The largest absolute Gasteiger partial charge is 0.471 e. The van der Waals surface area contributed by atoms with Crippen molar-refractivity contribution in [1.29, 1.82) is 0 Å². The van der Waals surface area contributed by atoms with Gasteiger partial charge in [-0.3, -0.25) is 4.79 Å². The summed E-state index contributed by atoms with van der Waals surface area (Å²) in [6.07, 6.45) is 5.22. The number of amides is 1. The maximum absolute atomic E-state index is 13.1. The number of hydrogen-bond acceptors (Lipinski definition) is 3. The molecule has 4 aromatic rings. The SMILES string of the molecule is O=C(Nc1cnn(COc2ccc(Br)cc2)c1)/C(=C\c1ccccc1)c1ccccc1. The quantitative estimate of drug-likeness (QED) is 0.270. The van der Waals surface area contributed by atoms with Crippen LogP contribution < -0.4 is 10.1 Å². The summed E-state index contributed by atoms with van der Waals surface area (Å²) in [6, 6.07) is 26.9. The van der Waals surface area contributed by atoms with Gasteiger partial charge in [-0.25, -0.2) is 4.68 Å². The third-order valence-corrected chi connectivity index (χ3v) is 5.04. The molecule has 4 rings (SSSR count). The molecule has 0 aliphatic heterocycles. The van der Waals surface area contributed by atoms with Gasteiger partial charge in [0.15, 0.2) is 6.73 Å². The number of benzene rings is 3. The van der Waals surface area contributed by atoms with Crippen molar-refractivity contribution in [3.8, 4) is 5.75 Å². The highest BCUT2D eigenvalue weighted by atomic mass is 79.9. The van der Waals surface area contributed by atoms with E-state index in [2.05, 4.69) is 26.3 Å². The van der Waals surface area contributed by atoms with Crippen LogP contribution in [0.2, 0.25) is 0 Å². The first-order chi connectivity index (χ1) is 15.2. The van der Waals surface area contributed by atoms with Crippen LogP contribution in [0.5, 0.6) is 5.75 Å². The van der Waals surface area contributed by atoms with E-state index >= 15 is 0 Å². The first-order valence-corrected chi connectivity index (χ1v) is 10.5. The van der Waals surface area contributed by atoms with Crippen LogP contribution in [-0.2, 0) is 11.5 Å². The maximum Gasteiger partial charge on any atom is 0.256 e. The molecule has 0 aliphatic carbocycles. The van der Waals surface area contributed by atoms with Crippen LogP contribution in [0.25, 0.3) is 11.6 Å². The summed E-state index contributed by atoms with van der Waals surface area (Å²) in [4.78, 5) is 13.1. The first kappa shape index (κ1) is 20.6.